The van der Waals surface area contributed by atoms with E-state index >= 15 is 0 Å². The predicted molar refractivity (Wildman–Crippen MR) is 123 cm³/mol. The molecule has 1 aliphatic rings. The smallest absolute Gasteiger partial charge is 0.241 e. The Labute approximate surface area is 190 Å². The lowest BCUT2D eigenvalue weighted by atomic mass is 10.1. The van der Waals surface area contributed by atoms with Gasteiger partial charge >= 0.3 is 0 Å². The zero-order valence-corrected chi connectivity index (χ0v) is 19.0. The van der Waals surface area contributed by atoms with Gasteiger partial charge in [0.1, 0.15) is 10.8 Å². The zero-order valence-electron chi connectivity index (χ0n) is 17.4. The first-order valence-corrected chi connectivity index (χ1v) is 12.7. The molecule has 1 aromatic heterocycles. The summed E-state index contributed by atoms with van der Waals surface area (Å²) in [7, 11) is -3.62. The molecule has 10 heteroatoms. The van der Waals surface area contributed by atoms with Gasteiger partial charge in [0.05, 0.1) is 5.75 Å². The number of hydrogen-bond donors (Lipinski definition) is 1. The van der Waals surface area contributed by atoms with Crippen molar-refractivity contribution in [2.75, 3.05) is 22.5 Å². The van der Waals surface area contributed by atoms with Crippen molar-refractivity contribution in [3.63, 3.8) is 0 Å². The van der Waals surface area contributed by atoms with E-state index in [1.165, 1.54) is 0 Å². The number of nitrogens with zero attached hydrogens (tertiary/aromatic N) is 3. The van der Waals surface area contributed by atoms with E-state index in [1.807, 2.05) is 31.2 Å². The van der Waals surface area contributed by atoms with Crippen LogP contribution in [0.25, 0.3) is 0 Å². The van der Waals surface area contributed by atoms with Crippen molar-refractivity contribution in [1.82, 2.24) is 10.2 Å². The van der Waals surface area contributed by atoms with E-state index in [1.54, 1.807) is 35.2 Å². The summed E-state index contributed by atoms with van der Waals surface area (Å²) in [6, 6.07) is 16.4. The number of para-hydroxylation sites is 1. The number of benzene rings is 2. The largest absolute Gasteiger partial charge is 0.311 e. The third-order valence-corrected chi connectivity index (χ3v) is 7.62. The first-order valence-electron chi connectivity index (χ1n) is 10.0. The fourth-order valence-electron chi connectivity index (χ4n) is 3.66. The first kappa shape index (κ1) is 22.1. The summed E-state index contributed by atoms with van der Waals surface area (Å²) in [5.74, 6) is -1.63. The van der Waals surface area contributed by atoms with Crippen LogP contribution in [0.4, 0.5) is 10.8 Å². The summed E-state index contributed by atoms with van der Waals surface area (Å²) in [5, 5.41) is 11.5. The number of carbonyl (C=O) groups is 2. The molecule has 3 aromatic rings. The molecule has 0 spiro atoms. The normalized spacial score (nSPS) is 16.3. The van der Waals surface area contributed by atoms with Crippen molar-refractivity contribution in [3.8, 4) is 0 Å². The van der Waals surface area contributed by atoms with Crippen molar-refractivity contribution in [3.05, 3.63) is 70.7 Å². The van der Waals surface area contributed by atoms with Crippen LogP contribution < -0.4 is 10.2 Å². The highest BCUT2D eigenvalue weighted by Crippen LogP contribution is 2.35. The Morgan fingerprint density at radius 1 is 1.12 bits per heavy atom. The van der Waals surface area contributed by atoms with Gasteiger partial charge in [0.15, 0.2) is 9.84 Å². The highest BCUT2D eigenvalue weighted by molar-refractivity contribution is 7.91. The van der Waals surface area contributed by atoms with E-state index in [0.29, 0.717) is 23.5 Å². The molecular formula is C22H22N4O4S2. The summed E-state index contributed by atoms with van der Waals surface area (Å²) in [5.41, 5.74) is 2.52. The average molecular weight is 471 g/mol. The van der Waals surface area contributed by atoms with Gasteiger partial charge in [-0.2, -0.15) is 0 Å². The van der Waals surface area contributed by atoms with E-state index in [4.69, 9.17) is 0 Å². The van der Waals surface area contributed by atoms with Crippen molar-refractivity contribution >= 4 is 43.8 Å². The molecule has 4 rings (SSSR count). The van der Waals surface area contributed by atoms with Gasteiger partial charge < -0.3 is 4.90 Å². The highest BCUT2D eigenvalue weighted by Gasteiger charge is 2.34. The monoisotopic (exact) mass is 470 g/mol. The van der Waals surface area contributed by atoms with Gasteiger partial charge in [-0.25, -0.2) is 8.42 Å². The summed E-state index contributed by atoms with van der Waals surface area (Å²) in [6.45, 7) is 2.44. The second kappa shape index (κ2) is 9.17. The average Bonchev–Trinajstić information content (AvgIpc) is 3.35. The number of hydrogen-bond acceptors (Lipinski definition) is 7. The molecule has 2 amide bonds. The third kappa shape index (κ3) is 5.20. The van der Waals surface area contributed by atoms with Gasteiger partial charge in [0, 0.05) is 24.6 Å². The minimum absolute atomic E-state index is 0.0112. The number of nitrogens with one attached hydrogen (secondary N) is 1. The molecule has 1 N–H and O–H groups in total. The lowest BCUT2D eigenvalue weighted by Gasteiger charge is -2.18. The number of amides is 2. The molecule has 1 saturated heterocycles. The molecule has 8 nitrogen and oxygen atoms in total. The Bertz CT molecular complexity index is 1240. The van der Waals surface area contributed by atoms with Crippen LogP contribution in [0.3, 0.4) is 0 Å². The van der Waals surface area contributed by atoms with Gasteiger partial charge in [-0.15, -0.1) is 10.2 Å². The van der Waals surface area contributed by atoms with Gasteiger partial charge in [-0.05, 0) is 24.1 Å². The van der Waals surface area contributed by atoms with Gasteiger partial charge in [0.2, 0.25) is 16.9 Å². The maximum absolute atomic E-state index is 12.5. The topological polar surface area (TPSA) is 109 Å². The maximum atomic E-state index is 12.5. The molecule has 0 bridgehead atoms. The molecule has 1 atom stereocenters. The van der Waals surface area contributed by atoms with Gasteiger partial charge in [-0.1, -0.05) is 59.9 Å². The Balaban J connectivity index is 1.37. The number of sulfone groups is 1. The molecule has 0 radical (unpaired) electrons. The molecule has 1 aliphatic heterocycles. The van der Waals surface area contributed by atoms with Crippen LogP contribution >= 0.6 is 11.3 Å². The highest BCUT2D eigenvalue weighted by atomic mass is 32.2. The fourth-order valence-corrected chi connectivity index (χ4v) is 5.78. The minimum atomic E-state index is -3.62. The maximum Gasteiger partial charge on any atom is 0.241 e. The molecule has 2 heterocycles. The van der Waals surface area contributed by atoms with Gasteiger partial charge in [-0.3, -0.25) is 14.9 Å². The molecule has 32 heavy (non-hydrogen) atoms. The van der Waals surface area contributed by atoms with Crippen molar-refractivity contribution in [2.24, 2.45) is 0 Å². The Hall–Kier alpha value is -3.11. The molecule has 2 aromatic carbocycles. The van der Waals surface area contributed by atoms with Crippen LogP contribution in [0.1, 0.15) is 28.5 Å². The Morgan fingerprint density at radius 2 is 1.84 bits per heavy atom. The van der Waals surface area contributed by atoms with E-state index in [-0.39, 0.29) is 22.7 Å². The van der Waals surface area contributed by atoms with E-state index in [9.17, 15) is 18.0 Å². The number of aromatic nitrogens is 2. The fraction of sp³-hybridized carbons (Fsp3) is 0.273. The molecular weight excluding hydrogens is 448 g/mol. The van der Waals surface area contributed by atoms with Crippen LogP contribution in [0.15, 0.2) is 54.6 Å². The summed E-state index contributed by atoms with van der Waals surface area (Å²) in [4.78, 5) is 26.6. The molecule has 1 fully saturated rings. The van der Waals surface area contributed by atoms with Gasteiger partial charge in [0.25, 0.3) is 0 Å². The third-order valence-electron chi connectivity index (χ3n) is 5.15. The number of aryl methyl sites for hydroxylation is 1. The van der Waals surface area contributed by atoms with E-state index in [0.717, 1.165) is 22.6 Å². The van der Waals surface area contributed by atoms with E-state index in [2.05, 4.69) is 15.5 Å². The minimum Gasteiger partial charge on any atom is -0.311 e. The molecule has 0 saturated carbocycles. The van der Waals surface area contributed by atoms with Crippen LogP contribution in [-0.4, -0.2) is 42.7 Å². The SMILES string of the molecule is Cc1ccccc1N1CC(c2nnc(NC(=O)CS(=O)(=O)Cc3ccccc3)s2)CC1=O. The number of rotatable bonds is 7. The summed E-state index contributed by atoms with van der Waals surface area (Å²) < 4.78 is 24.6. The second-order valence-electron chi connectivity index (χ2n) is 7.70. The lowest BCUT2D eigenvalue weighted by molar-refractivity contribution is -0.117. The van der Waals surface area contributed by atoms with Crippen molar-refractivity contribution in [2.45, 2.75) is 25.0 Å². The first-order chi connectivity index (χ1) is 15.3. The van der Waals surface area contributed by atoms with Crippen LogP contribution in [0, 0.1) is 6.92 Å². The molecule has 0 aliphatic carbocycles. The number of carbonyl (C=O) groups excluding carboxylic acids is 2. The zero-order chi connectivity index (χ0) is 22.7. The summed E-state index contributed by atoms with van der Waals surface area (Å²) in [6.07, 6.45) is 0.308. The number of anilines is 2. The van der Waals surface area contributed by atoms with Crippen LogP contribution in [0.2, 0.25) is 0 Å². The molecule has 1 unspecified atom stereocenters. The standard InChI is InChI=1S/C22H22N4O4S2/c1-15-7-5-6-10-18(15)26-12-17(11-20(26)28)21-24-25-22(31-21)23-19(27)14-32(29,30)13-16-8-3-2-4-9-16/h2-10,17H,11-14H2,1H3,(H,23,25,27). The Morgan fingerprint density at radius 3 is 2.59 bits per heavy atom. The van der Waals surface area contributed by atoms with Crippen LogP contribution in [0.5, 0.6) is 0 Å². The predicted octanol–water partition coefficient (Wildman–Crippen LogP) is 2.92. The summed E-state index contributed by atoms with van der Waals surface area (Å²) >= 11 is 1.16. The van der Waals surface area contributed by atoms with E-state index < -0.39 is 21.5 Å². The van der Waals surface area contributed by atoms with Crippen molar-refractivity contribution in [1.29, 1.82) is 0 Å². The Kier molecular flexibility index (Phi) is 6.33. The lowest BCUT2D eigenvalue weighted by Crippen LogP contribution is -2.25. The van der Waals surface area contributed by atoms with Crippen LogP contribution in [-0.2, 0) is 25.2 Å². The van der Waals surface area contributed by atoms with Crippen molar-refractivity contribution < 1.29 is 18.0 Å². The molecule has 166 valence electrons. The quantitative estimate of drug-likeness (QED) is 0.569. The second-order valence-corrected chi connectivity index (χ2v) is 10.8.